The number of anilines is 1. The molecule has 0 saturated carbocycles. The summed E-state index contributed by atoms with van der Waals surface area (Å²) in [6.45, 7) is 4.01. The first-order chi connectivity index (χ1) is 9.61. The lowest BCUT2D eigenvalue weighted by atomic mass is 10.1. The Labute approximate surface area is 124 Å². The first-order valence-electron chi connectivity index (χ1n) is 6.57. The minimum absolute atomic E-state index is 0.0573. The van der Waals surface area contributed by atoms with Crippen LogP contribution in [-0.4, -0.2) is 12.2 Å². The Morgan fingerprint density at radius 1 is 1.05 bits per heavy atom. The van der Waals surface area contributed by atoms with Crippen LogP contribution < -0.4 is 5.32 Å². The SMILES string of the molecule is CSCc1ccc(C(=O)Nc2c(C)cccc2C)cc1. The number of nitrogens with one attached hydrogen (secondary N) is 1. The van der Waals surface area contributed by atoms with Crippen LogP contribution in [0.2, 0.25) is 0 Å². The summed E-state index contributed by atoms with van der Waals surface area (Å²) in [7, 11) is 0. The number of hydrogen-bond donors (Lipinski definition) is 1. The van der Waals surface area contributed by atoms with Crippen LogP contribution in [0, 0.1) is 13.8 Å². The lowest BCUT2D eigenvalue weighted by molar-refractivity contribution is 0.102. The third-order valence-corrected chi connectivity index (χ3v) is 3.87. The molecule has 0 aliphatic rings. The zero-order chi connectivity index (χ0) is 14.5. The van der Waals surface area contributed by atoms with E-state index in [0.29, 0.717) is 5.56 Å². The van der Waals surface area contributed by atoms with E-state index >= 15 is 0 Å². The molecular weight excluding hydrogens is 266 g/mol. The molecular formula is C17H19NOS. The average Bonchev–Trinajstić information content (AvgIpc) is 2.44. The van der Waals surface area contributed by atoms with Crippen LogP contribution in [0.15, 0.2) is 42.5 Å². The van der Waals surface area contributed by atoms with E-state index in [9.17, 15) is 4.79 Å². The van der Waals surface area contributed by atoms with E-state index < -0.39 is 0 Å². The highest BCUT2D eigenvalue weighted by molar-refractivity contribution is 7.97. The molecule has 20 heavy (non-hydrogen) atoms. The Bertz CT molecular complexity index is 585. The van der Waals surface area contributed by atoms with Crippen LogP contribution in [0.4, 0.5) is 5.69 Å². The molecule has 1 amide bonds. The first kappa shape index (κ1) is 14.7. The summed E-state index contributed by atoms with van der Waals surface area (Å²) < 4.78 is 0. The van der Waals surface area contributed by atoms with Crippen molar-refractivity contribution in [2.75, 3.05) is 11.6 Å². The fraction of sp³-hybridized carbons (Fsp3) is 0.235. The van der Waals surface area contributed by atoms with Crippen molar-refractivity contribution < 1.29 is 4.79 Å². The van der Waals surface area contributed by atoms with Crippen molar-refractivity contribution in [3.63, 3.8) is 0 Å². The number of para-hydroxylation sites is 1. The topological polar surface area (TPSA) is 29.1 Å². The van der Waals surface area contributed by atoms with Gasteiger partial charge in [0, 0.05) is 17.0 Å². The predicted molar refractivity (Wildman–Crippen MR) is 87.5 cm³/mol. The summed E-state index contributed by atoms with van der Waals surface area (Å²) in [4.78, 5) is 12.3. The van der Waals surface area contributed by atoms with Crippen LogP contribution in [0.5, 0.6) is 0 Å². The minimum atomic E-state index is -0.0573. The molecule has 104 valence electrons. The smallest absolute Gasteiger partial charge is 0.255 e. The van der Waals surface area contributed by atoms with Gasteiger partial charge in [0.1, 0.15) is 0 Å². The highest BCUT2D eigenvalue weighted by atomic mass is 32.2. The number of amides is 1. The first-order valence-corrected chi connectivity index (χ1v) is 7.96. The third-order valence-electron chi connectivity index (χ3n) is 3.25. The number of rotatable bonds is 4. The fourth-order valence-corrected chi connectivity index (χ4v) is 2.64. The molecule has 2 rings (SSSR count). The van der Waals surface area contributed by atoms with Gasteiger partial charge in [0.25, 0.3) is 5.91 Å². The fourth-order valence-electron chi connectivity index (χ4n) is 2.12. The highest BCUT2D eigenvalue weighted by Gasteiger charge is 2.09. The monoisotopic (exact) mass is 285 g/mol. The van der Waals surface area contributed by atoms with Crippen LogP contribution in [-0.2, 0) is 5.75 Å². The van der Waals surface area contributed by atoms with Crippen molar-refractivity contribution in [2.45, 2.75) is 19.6 Å². The predicted octanol–water partition coefficient (Wildman–Crippen LogP) is 4.42. The van der Waals surface area contributed by atoms with Crippen molar-refractivity contribution >= 4 is 23.4 Å². The van der Waals surface area contributed by atoms with E-state index in [-0.39, 0.29) is 5.91 Å². The van der Waals surface area contributed by atoms with Crippen molar-refractivity contribution in [1.82, 2.24) is 0 Å². The maximum atomic E-state index is 12.3. The van der Waals surface area contributed by atoms with Crippen molar-refractivity contribution in [1.29, 1.82) is 0 Å². The molecule has 2 aromatic rings. The highest BCUT2D eigenvalue weighted by Crippen LogP contribution is 2.20. The summed E-state index contributed by atoms with van der Waals surface area (Å²) >= 11 is 1.77. The molecule has 0 aliphatic heterocycles. The number of benzene rings is 2. The van der Waals surface area contributed by atoms with Crippen LogP contribution in [0.1, 0.15) is 27.0 Å². The molecule has 0 aromatic heterocycles. The van der Waals surface area contributed by atoms with E-state index in [1.54, 1.807) is 11.8 Å². The second-order valence-electron chi connectivity index (χ2n) is 4.85. The van der Waals surface area contributed by atoms with Gasteiger partial charge < -0.3 is 5.32 Å². The number of carbonyl (C=O) groups excluding carboxylic acids is 1. The van der Waals surface area contributed by atoms with Gasteiger partial charge in [0.15, 0.2) is 0 Å². The van der Waals surface area contributed by atoms with E-state index in [1.165, 1.54) is 5.56 Å². The Balaban J connectivity index is 2.16. The number of aryl methyl sites for hydroxylation is 2. The van der Waals surface area contributed by atoms with Gasteiger partial charge in [-0.3, -0.25) is 4.79 Å². The molecule has 0 aliphatic carbocycles. The van der Waals surface area contributed by atoms with Crippen LogP contribution >= 0.6 is 11.8 Å². The van der Waals surface area contributed by atoms with Gasteiger partial charge in [-0.25, -0.2) is 0 Å². The maximum absolute atomic E-state index is 12.3. The van der Waals surface area contributed by atoms with Gasteiger partial charge in [-0.15, -0.1) is 0 Å². The van der Waals surface area contributed by atoms with Gasteiger partial charge in [0.2, 0.25) is 0 Å². The molecule has 3 heteroatoms. The van der Waals surface area contributed by atoms with Gasteiger partial charge in [-0.2, -0.15) is 11.8 Å². The number of thioether (sulfide) groups is 1. The number of carbonyl (C=O) groups is 1. The average molecular weight is 285 g/mol. The van der Waals surface area contributed by atoms with Crippen molar-refractivity contribution in [3.05, 3.63) is 64.7 Å². The van der Waals surface area contributed by atoms with E-state index in [1.807, 2.05) is 56.3 Å². The summed E-state index contributed by atoms with van der Waals surface area (Å²) in [5.74, 6) is 0.914. The molecule has 0 radical (unpaired) electrons. The van der Waals surface area contributed by atoms with Crippen molar-refractivity contribution in [3.8, 4) is 0 Å². The summed E-state index contributed by atoms with van der Waals surface area (Å²) in [6.07, 6.45) is 2.07. The number of hydrogen-bond acceptors (Lipinski definition) is 2. The van der Waals surface area contributed by atoms with Crippen LogP contribution in [0.3, 0.4) is 0 Å². The Morgan fingerprint density at radius 2 is 1.65 bits per heavy atom. The quantitative estimate of drug-likeness (QED) is 0.901. The molecule has 0 atom stereocenters. The minimum Gasteiger partial charge on any atom is -0.322 e. The van der Waals surface area contributed by atoms with E-state index in [0.717, 1.165) is 22.6 Å². The lowest BCUT2D eigenvalue weighted by Crippen LogP contribution is -2.13. The molecule has 2 nitrogen and oxygen atoms in total. The van der Waals surface area contributed by atoms with Gasteiger partial charge in [0.05, 0.1) is 0 Å². The zero-order valence-corrected chi connectivity index (χ0v) is 12.9. The largest absolute Gasteiger partial charge is 0.322 e. The second-order valence-corrected chi connectivity index (χ2v) is 5.72. The van der Waals surface area contributed by atoms with Gasteiger partial charge in [-0.1, -0.05) is 30.3 Å². The molecule has 2 aromatic carbocycles. The molecule has 0 heterocycles. The van der Waals surface area contributed by atoms with E-state index in [2.05, 4.69) is 11.6 Å². The molecule has 0 saturated heterocycles. The van der Waals surface area contributed by atoms with E-state index in [4.69, 9.17) is 0 Å². The summed E-state index contributed by atoms with van der Waals surface area (Å²) in [5.41, 5.74) is 5.00. The Kier molecular flexibility index (Phi) is 4.85. The normalized spacial score (nSPS) is 10.3. The second kappa shape index (κ2) is 6.62. The van der Waals surface area contributed by atoms with Crippen LogP contribution in [0.25, 0.3) is 0 Å². The Morgan fingerprint density at radius 3 is 2.20 bits per heavy atom. The summed E-state index contributed by atoms with van der Waals surface area (Å²) in [5, 5.41) is 3.00. The standard InChI is InChI=1S/C17H19NOS/c1-12-5-4-6-13(2)16(12)18-17(19)15-9-7-14(8-10-15)11-20-3/h4-10H,11H2,1-3H3,(H,18,19). The third kappa shape index (κ3) is 3.42. The molecule has 1 N–H and O–H groups in total. The molecule has 0 fully saturated rings. The van der Waals surface area contributed by atoms with Gasteiger partial charge in [-0.05, 0) is 48.9 Å². The van der Waals surface area contributed by atoms with Crippen molar-refractivity contribution in [2.24, 2.45) is 0 Å². The van der Waals surface area contributed by atoms with Gasteiger partial charge >= 0.3 is 0 Å². The summed E-state index contributed by atoms with van der Waals surface area (Å²) in [6, 6.07) is 13.8. The molecule has 0 spiro atoms. The Hall–Kier alpha value is -1.74. The zero-order valence-electron chi connectivity index (χ0n) is 12.1. The maximum Gasteiger partial charge on any atom is 0.255 e. The molecule has 0 unspecified atom stereocenters. The molecule has 0 bridgehead atoms. The lowest BCUT2D eigenvalue weighted by Gasteiger charge is -2.11.